The van der Waals surface area contributed by atoms with E-state index in [-0.39, 0.29) is 17.5 Å². The van der Waals surface area contributed by atoms with Gasteiger partial charge in [0.15, 0.2) is 5.78 Å². The molecule has 3 nitrogen and oxygen atoms in total. The first-order valence-corrected chi connectivity index (χ1v) is 12.0. The highest BCUT2D eigenvalue weighted by molar-refractivity contribution is 5.91. The fourth-order valence-electron chi connectivity index (χ4n) is 7.23. The Morgan fingerprint density at radius 1 is 1.04 bits per heavy atom. The van der Waals surface area contributed by atoms with E-state index >= 15 is 0 Å². The number of ether oxygens (including phenoxy) is 1. The van der Waals surface area contributed by atoms with Gasteiger partial charge in [-0.2, -0.15) is 0 Å². The van der Waals surface area contributed by atoms with E-state index in [4.69, 9.17) is 4.74 Å². The second-order valence-electron chi connectivity index (χ2n) is 10.2. The zero-order valence-electron chi connectivity index (χ0n) is 17.9. The van der Waals surface area contributed by atoms with Gasteiger partial charge in [-0.3, -0.25) is 9.59 Å². The normalized spacial score (nSPS) is 39.6. The van der Waals surface area contributed by atoms with Crippen molar-refractivity contribution in [2.24, 2.45) is 29.1 Å². The minimum Gasteiger partial charge on any atom is -0.462 e. The molecule has 3 saturated carbocycles. The first kappa shape index (κ1) is 20.2. The summed E-state index contributed by atoms with van der Waals surface area (Å²) in [6, 6.07) is 0. The standard InChI is InChI=1S/C25H38O3/c1-3-4-5-6-7-24(27)28-23-13-11-19-20-9-8-17-16-18(26)14-15-25(17,2)22(20)12-10-21(19)23/h16,19-23H,3-15H2,1-2H3/t19?,20?,21?,22?,23?,25-/m0/s1. The Kier molecular flexibility index (Phi) is 5.99. The highest BCUT2D eigenvalue weighted by Gasteiger charge is 2.55. The van der Waals surface area contributed by atoms with E-state index < -0.39 is 0 Å². The van der Waals surface area contributed by atoms with Gasteiger partial charge in [0.05, 0.1) is 0 Å². The number of carbonyl (C=O) groups excluding carboxylic acids is 2. The van der Waals surface area contributed by atoms with Crippen molar-refractivity contribution in [2.75, 3.05) is 0 Å². The maximum atomic E-state index is 12.3. The highest BCUT2D eigenvalue weighted by Crippen LogP contribution is 2.61. The van der Waals surface area contributed by atoms with Crippen molar-refractivity contribution in [3.63, 3.8) is 0 Å². The summed E-state index contributed by atoms with van der Waals surface area (Å²) >= 11 is 0. The van der Waals surface area contributed by atoms with Gasteiger partial charge < -0.3 is 4.74 Å². The Labute approximate surface area is 170 Å². The molecule has 4 aliphatic rings. The SMILES string of the molecule is CCCCCCC(=O)OC1CCC2C1CCC1C2CCC2=CC(=O)CC[C@@]21C. The number of hydrogen-bond donors (Lipinski definition) is 0. The lowest BCUT2D eigenvalue weighted by Crippen LogP contribution is -2.48. The minimum absolute atomic E-state index is 0.0375. The molecule has 0 aromatic carbocycles. The van der Waals surface area contributed by atoms with Crippen LogP contribution in [0.4, 0.5) is 0 Å². The van der Waals surface area contributed by atoms with Gasteiger partial charge in [0.1, 0.15) is 6.10 Å². The molecule has 0 aliphatic heterocycles. The number of hydrogen-bond acceptors (Lipinski definition) is 3. The molecule has 0 amide bonds. The first-order valence-electron chi connectivity index (χ1n) is 12.0. The fraction of sp³-hybridized carbons (Fsp3) is 0.840. The van der Waals surface area contributed by atoms with Gasteiger partial charge in [0.25, 0.3) is 0 Å². The summed E-state index contributed by atoms with van der Waals surface area (Å²) in [7, 11) is 0. The molecular formula is C25H38O3. The van der Waals surface area contributed by atoms with Crippen molar-refractivity contribution in [3.8, 4) is 0 Å². The Hall–Kier alpha value is -1.12. The summed E-state index contributed by atoms with van der Waals surface area (Å²) in [5.41, 5.74) is 1.69. The molecule has 3 heteroatoms. The van der Waals surface area contributed by atoms with Crippen LogP contribution in [0.3, 0.4) is 0 Å². The van der Waals surface area contributed by atoms with Crippen LogP contribution < -0.4 is 0 Å². The Balaban J connectivity index is 1.37. The lowest BCUT2D eigenvalue weighted by atomic mass is 9.50. The first-order chi connectivity index (χ1) is 13.5. The molecule has 6 atom stereocenters. The van der Waals surface area contributed by atoms with E-state index in [2.05, 4.69) is 13.8 Å². The average molecular weight is 387 g/mol. The molecular weight excluding hydrogens is 348 g/mol. The molecule has 4 aliphatic carbocycles. The Morgan fingerprint density at radius 3 is 2.68 bits per heavy atom. The molecule has 0 N–H and O–H groups in total. The van der Waals surface area contributed by atoms with Crippen molar-refractivity contribution in [1.29, 1.82) is 0 Å². The van der Waals surface area contributed by atoms with Gasteiger partial charge in [-0.25, -0.2) is 0 Å². The van der Waals surface area contributed by atoms with Gasteiger partial charge in [-0.15, -0.1) is 0 Å². The minimum atomic E-state index is 0.0375. The summed E-state index contributed by atoms with van der Waals surface area (Å²) in [6.07, 6.45) is 16.2. The van der Waals surface area contributed by atoms with Gasteiger partial charge in [0, 0.05) is 12.8 Å². The maximum Gasteiger partial charge on any atom is 0.306 e. The van der Waals surface area contributed by atoms with Crippen LogP contribution >= 0.6 is 0 Å². The van der Waals surface area contributed by atoms with E-state index in [1.165, 1.54) is 44.1 Å². The number of esters is 1. The van der Waals surface area contributed by atoms with Crippen LogP contribution in [-0.2, 0) is 14.3 Å². The number of carbonyl (C=O) groups is 2. The third-order valence-electron chi connectivity index (χ3n) is 8.73. The fourth-order valence-corrected chi connectivity index (χ4v) is 7.23. The van der Waals surface area contributed by atoms with Gasteiger partial charge in [-0.1, -0.05) is 38.7 Å². The van der Waals surface area contributed by atoms with Crippen LogP contribution in [0.1, 0.15) is 97.3 Å². The zero-order chi connectivity index (χ0) is 19.7. The van der Waals surface area contributed by atoms with E-state index in [1.54, 1.807) is 0 Å². The van der Waals surface area contributed by atoms with E-state index in [9.17, 15) is 9.59 Å². The summed E-state index contributed by atoms with van der Waals surface area (Å²) in [5, 5.41) is 0. The quantitative estimate of drug-likeness (QED) is 0.415. The average Bonchev–Trinajstić information content (AvgIpc) is 3.09. The number of unbranched alkanes of at least 4 members (excludes halogenated alkanes) is 3. The molecule has 4 rings (SSSR count). The Morgan fingerprint density at radius 2 is 1.86 bits per heavy atom. The zero-order valence-corrected chi connectivity index (χ0v) is 17.9. The smallest absolute Gasteiger partial charge is 0.306 e. The third-order valence-corrected chi connectivity index (χ3v) is 8.73. The van der Waals surface area contributed by atoms with E-state index in [0.29, 0.717) is 18.1 Å². The topological polar surface area (TPSA) is 43.4 Å². The van der Waals surface area contributed by atoms with Crippen LogP contribution in [0.25, 0.3) is 0 Å². The number of rotatable bonds is 6. The molecule has 3 fully saturated rings. The Bertz CT molecular complexity index is 636. The number of ketones is 1. The number of allylic oxidation sites excluding steroid dienone is 1. The second-order valence-corrected chi connectivity index (χ2v) is 10.2. The summed E-state index contributed by atoms with van der Waals surface area (Å²) in [5.74, 6) is 3.18. The third kappa shape index (κ3) is 3.71. The van der Waals surface area contributed by atoms with Crippen LogP contribution in [0.15, 0.2) is 11.6 Å². The molecule has 28 heavy (non-hydrogen) atoms. The van der Waals surface area contributed by atoms with Crippen LogP contribution in [-0.4, -0.2) is 17.9 Å². The molecule has 0 heterocycles. The lowest BCUT2D eigenvalue weighted by Gasteiger charge is -2.55. The van der Waals surface area contributed by atoms with Crippen molar-refractivity contribution >= 4 is 11.8 Å². The molecule has 0 aromatic rings. The van der Waals surface area contributed by atoms with Crippen molar-refractivity contribution in [3.05, 3.63) is 11.6 Å². The summed E-state index contributed by atoms with van der Waals surface area (Å²) in [4.78, 5) is 24.3. The maximum absolute atomic E-state index is 12.3. The van der Waals surface area contributed by atoms with Crippen molar-refractivity contribution in [2.45, 2.75) is 103 Å². The molecule has 156 valence electrons. The largest absolute Gasteiger partial charge is 0.462 e. The predicted molar refractivity (Wildman–Crippen MR) is 111 cm³/mol. The van der Waals surface area contributed by atoms with Gasteiger partial charge in [-0.05, 0) is 86.5 Å². The summed E-state index contributed by atoms with van der Waals surface area (Å²) < 4.78 is 5.99. The van der Waals surface area contributed by atoms with Gasteiger partial charge in [0.2, 0.25) is 0 Å². The number of fused-ring (bicyclic) bond motifs is 5. The summed E-state index contributed by atoms with van der Waals surface area (Å²) in [6.45, 7) is 4.63. The molecule has 0 spiro atoms. The predicted octanol–water partition coefficient (Wildman–Crippen LogP) is 6.01. The lowest BCUT2D eigenvalue weighted by molar-refractivity contribution is -0.153. The van der Waals surface area contributed by atoms with Crippen molar-refractivity contribution < 1.29 is 14.3 Å². The molecule has 5 unspecified atom stereocenters. The molecule has 0 radical (unpaired) electrons. The molecule has 0 aromatic heterocycles. The van der Waals surface area contributed by atoms with Crippen molar-refractivity contribution in [1.82, 2.24) is 0 Å². The highest BCUT2D eigenvalue weighted by atomic mass is 16.5. The van der Waals surface area contributed by atoms with E-state index in [1.807, 2.05) is 6.08 Å². The molecule has 0 bridgehead atoms. The van der Waals surface area contributed by atoms with Crippen LogP contribution in [0.5, 0.6) is 0 Å². The van der Waals surface area contributed by atoms with Crippen LogP contribution in [0, 0.1) is 29.1 Å². The molecule has 0 saturated heterocycles. The van der Waals surface area contributed by atoms with E-state index in [0.717, 1.165) is 56.3 Å². The van der Waals surface area contributed by atoms with Gasteiger partial charge >= 0.3 is 5.97 Å². The monoisotopic (exact) mass is 386 g/mol. The van der Waals surface area contributed by atoms with Crippen LogP contribution in [0.2, 0.25) is 0 Å². The second kappa shape index (κ2) is 8.32.